The van der Waals surface area contributed by atoms with Crippen LogP contribution in [0.25, 0.3) is 17.4 Å². The molecule has 4 nitrogen and oxygen atoms in total. The van der Waals surface area contributed by atoms with Crippen molar-refractivity contribution < 1.29 is 18.7 Å². The lowest BCUT2D eigenvalue weighted by Crippen LogP contribution is -2.05. The highest BCUT2D eigenvalue weighted by molar-refractivity contribution is 8.04. The Hall–Kier alpha value is -3.05. The maximum Gasteiger partial charge on any atom is 0.338 e. The molecule has 5 heteroatoms. The van der Waals surface area contributed by atoms with Gasteiger partial charge in [-0.2, -0.15) is 0 Å². The lowest BCUT2D eigenvalue weighted by molar-refractivity contribution is 0.0505. The van der Waals surface area contributed by atoms with E-state index < -0.39 is 0 Å². The third-order valence-electron chi connectivity index (χ3n) is 4.30. The van der Waals surface area contributed by atoms with Crippen molar-refractivity contribution in [3.8, 4) is 11.3 Å². The molecular formula is C23H18O4S. The van der Waals surface area contributed by atoms with E-state index in [-0.39, 0.29) is 11.8 Å². The second-order valence-corrected chi connectivity index (χ2v) is 7.44. The highest BCUT2D eigenvalue weighted by Crippen LogP contribution is 2.40. The number of fused-ring (bicyclic) bond motifs is 1. The number of Topliss-reactive ketones (excluding diaryl/α,β-unsaturated/α-hetero) is 1. The molecule has 3 aromatic rings. The van der Waals surface area contributed by atoms with Crippen molar-refractivity contribution in [2.45, 2.75) is 18.2 Å². The van der Waals surface area contributed by atoms with Gasteiger partial charge in [-0.3, -0.25) is 4.79 Å². The summed E-state index contributed by atoms with van der Waals surface area (Å²) in [7, 11) is 0. The summed E-state index contributed by atoms with van der Waals surface area (Å²) in [6, 6.07) is 18.4. The Morgan fingerprint density at radius 2 is 1.96 bits per heavy atom. The van der Waals surface area contributed by atoms with Gasteiger partial charge in [0.05, 0.1) is 17.1 Å². The van der Waals surface area contributed by atoms with Gasteiger partial charge in [-0.05, 0) is 48.9 Å². The van der Waals surface area contributed by atoms with Gasteiger partial charge in [0.15, 0.2) is 0 Å². The largest absolute Gasteiger partial charge is 0.462 e. The minimum absolute atomic E-state index is 0.0132. The topological polar surface area (TPSA) is 56.5 Å². The molecule has 1 aromatic heterocycles. The summed E-state index contributed by atoms with van der Waals surface area (Å²) < 4.78 is 11.1. The van der Waals surface area contributed by atoms with E-state index in [2.05, 4.69) is 0 Å². The number of allylic oxidation sites excluding steroid dienone is 1. The quantitative estimate of drug-likeness (QED) is 0.404. The predicted octanol–water partition coefficient (Wildman–Crippen LogP) is 5.84. The fourth-order valence-corrected chi connectivity index (χ4v) is 3.96. The van der Waals surface area contributed by atoms with Crippen molar-refractivity contribution >= 4 is 29.6 Å². The van der Waals surface area contributed by atoms with Crippen LogP contribution < -0.4 is 0 Å². The number of hydrogen-bond acceptors (Lipinski definition) is 5. The fraction of sp³-hybridized carbons (Fsp3) is 0.130. The summed E-state index contributed by atoms with van der Waals surface area (Å²) in [6.45, 7) is 2.35. The first kappa shape index (κ1) is 18.3. The predicted molar refractivity (Wildman–Crippen MR) is 109 cm³/mol. The zero-order chi connectivity index (χ0) is 19.5. The molecule has 0 unspecified atom stereocenters. The summed E-state index contributed by atoms with van der Waals surface area (Å²) >= 11 is 1.45. The van der Waals surface area contributed by atoms with Gasteiger partial charge in [0.2, 0.25) is 5.78 Å². The Labute approximate surface area is 167 Å². The standard InChI is InChI=1S/C23H18O4S/c1-2-12-26-23(25)16-7-5-6-15(13-16)19-11-10-17(27-19)14-21-22(24)18-8-3-4-9-20(18)28-21/h3-11,13-14H,2,12H2,1H3. The van der Waals surface area contributed by atoms with Crippen molar-refractivity contribution in [3.05, 3.63) is 82.5 Å². The zero-order valence-corrected chi connectivity index (χ0v) is 16.1. The van der Waals surface area contributed by atoms with Crippen LogP contribution in [0, 0.1) is 0 Å². The van der Waals surface area contributed by atoms with E-state index in [1.54, 1.807) is 24.3 Å². The molecule has 0 radical (unpaired) electrons. The molecule has 0 spiro atoms. The second-order valence-electron chi connectivity index (χ2n) is 6.35. The van der Waals surface area contributed by atoms with Gasteiger partial charge in [0.1, 0.15) is 11.5 Å². The molecule has 140 valence electrons. The monoisotopic (exact) mass is 390 g/mol. The van der Waals surface area contributed by atoms with E-state index in [0.717, 1.165) is 22.4 Å². The van der Waals surface area contributed by atoms with E-state index in [4.69, 9.17) is 9.15 Å². The van der Waals surface area contributed by atoms with Gasteiger partial charge in [-0.25, -0.2) is 4.79 Å². The van der Waals surface area contributed by atoms with Crippen LogP contribution in [-0.2, 0) is 4.74 Å². The molecule has 0 atom stereocenters. The molecule has 0 amide bonds. The highest BCUT2D eigenvalue weighted by atomic mass is 32.2. The van der Waals surface area contributed by atoms with Crippen LogP contribution in [0.4, 0.5) is 0 Å². The van der Waals surface area contributed by atoms with Crippen LogP contribution in [0.1, 0.15) is 39.8 Å². The molecule has 0 N–H and O–H groups in total. The Morgan fingerprint density at radius 1 is 1.11 bits per heavy atom. The number of thioether (sulfide) groups is 1. The molecule has 0 bridgehead atoms. The van der Waals surface area contributed by atoms with Crippen LogP contribution in [0.15, 0.2) is 74.9 Å². The number of ketones is 1. The zero-order valence-electron chi connectivity index (χ0n) is 15.3. The van der Waals surface area contributed by atoms with Gasteiger partial charge in [0.25, 0.3) is 0 Å². The Balaban J connectivity index is 1.56. The molecule has 2 heterocycles. The van der Waals surface area contributed by atoms with Crippen molar-refractivity contribution in [2.24, 2.45) is 0 Å². The van der Waals surface area contributed by atoms with Gasteiger partial charge >= 0.3 is 5.97 Å². The van der Waals surface area contributed by atoms with Gasteiger partial charge in [-0.1, -0.05) is 43.0 Å². The molecule has 0 fully saturated rings. The maximum atomic E-state index is 12.5. The number of benzene rings is 2. The molecule has 28 heavy (non-hydrogen) atoms. The third kappa shape index (κ3) is 3.66. The highest BCUT2D eigenvalue weighted by Gasteiger charge is 2.25. The first-order valence-electron chi connectivity index (χ1n) is 9.06. The van der Waals surface area contributed by atoms with Crippen LogP contribution in [0.3, 0.4) is 0 Å². The number of carbonyl (C=O) groups is 2. The lowest BCUT2D eigenvalue weighted by Gasteiger charge is -2.04. The SMILES string of the molecule is CCCOC(=O)c1cccc(-c2ccc(C=C3Sc4ccccc4C3=O)o2)c1. The average molecular weight is 390 g/mol. The Morgan fingerprint density at radius 3 is 2.79 bits per heavy atom. The molecule has 0 aliphatic carbocycles. The smallest absolute Gasteiger partial charge is 0.338 e. The Kier molecular flexibility index (Phi) is 5.17. The van der Waals surface area contributed by atoms with E-state index in [1.807, 2.05) is 49.4 Å². The molecular weight excluding hydrogens is 372 g/mol. The van der Waals surface area contributed by atoms with Crippen LogP contribution in [-0.4, -0.2) is 18.4 Å². The number of hydrogen-bond donors (Lipinski definition) is 0. The van der Waals surface area contributed by atoms with Crippen molar-refractivity contribution in [1.82, 2.24) is 0 Å². The minimum Gasteiger partial charge on any atom is -0.462 e. The van der Waals surface area contributed by atoms with E-state index in [1.165, 1.54) is 11.8 Å². The molecule has 0 saturated heterocycles. The molecule has 2 aromatic carbocycles. The summed E-state index contributed by atoms with van der Waals surface area (Å²) in [5, 5.41) is 0. The maximum absolute atomic E-state index is 12.5. The van der Waals surface area contributed by atoms with Crippen LogP contribution >= 0.6 is 11.8 Å². The van der Waals surface area contributed by atoms with Crippen molar-refractivity contribution in [3.63, 3.8) is 0 Å². The minimum atomic E-state index is -0.344. The Bertz CT molecular complexity index is 1080. The van der Waals surface area contributed by atoms with Gasteiger partial charge < -0.3 is 9.15 Å². The lowest BCUT2D eigenvalue weighted by atomic mass is 10.1. The first-order valence-corrected chi connectivity index (χ1v) is 9.88. The van der Waals surface area contributed by atoms with E-state index in [0.29, 0.717) is 28.6 Å². The van der Waals surface area contributed by atoms with E-state index in [9.17, 15) is 9.59 Å². The van der Waals surface area contributed by atoms with Crippen LogP contribution in [0.5, 0.6) is 0 Å². The number of rotatable bonds is 5. The summed E-state index contributed by atoms with van der Waals surface area (Å²) in [5.74, 6) is 0.894. The normalized spacial score (nSPS) is 14.3. The molecule has 1 aliphatic rings. The number of esters is 1. The third-order valence-corrected chi connectivity index (χ3v) is 5.39. The number of ether oxygens (including phenoxy) is 1. The number of furan rings is 1. The molecule has 1 aliphatic heterocycles. The van der Waals surface area contributed by atoms with Crippen LogP contribution in [0.2, 0.25) is 0 Å². The fourth-order valence-electron chi connectivity index (χ4n) is 2.93. The summed E-state index contributed by atoms with van der Waals surface area (Å²) in [4.78, 5) is 26.2. The van der Waals surface area contributed by atoms with Gasteiger partial charge in [-0.15, -0.1) is 0 Å². The van der Waals surface area contributed by atoms with Gasteiger partial charge in [0, 0.05) is 16.0 Å². The average Bonchev–Trinajstić information content (AvgIpc) is 3.32. The summed E-state index contributed by atoms with van der Waals surface area (Å²) in [5.41, 5.74) is 1.99. The number of carbonyl (C=O) groups excluding carboxylic acids is 2. The van der Waals surface area contributed by atoms with Crippen molar-refractivity contribution in [2.75, 3.05) is 6.61 Å². The van der Waals surface area contributed by atoms with Crippen molar-refractivity contribution in [1.29, 1.82) is 0 Å². The molecule has 0 saturated carbocycles. The first-order chi connectivity index (χ1) is 13.7. The second kappa shape index (κ2) is 7.90. The summed E-state index contributed by atoms with van der Waals surface area (Å²) in [6.07, 6.45) is 2.54. The van der Waals surface area contributed by atoms with E-state index >= 15 is 0 Å². The molecule has 4 rings (SSSR count).